The maximum atomic E-state index is 14.9. The standard InChI is InChI=1S/C28H37FO3/c1-3-5-7-19-31-28(30)32-25-16-13-23(14-17-25)26-18-15-24(20-27(26)29)22-11-9-21(10-12-22)8-6-4-2/h13-18,20-22H,3-12,19H2,1-2H3/t21-,22-. The molecular formula is C28H37FO3. The molecule has 0 aromatic heterocycles. The molecule has 0 bridgehead atoms. The summed E-state index contributed by atoms with van der Waals surface area (Å²) in [6, 6.07) is 12.6. The second kappa shape index (κ2) is 12.6. The van der Waals surface area contributed by atoms with Crippen molar-refractivity contribution in [3.63, 3.8) is 0 Å². The Morgan fingerprint density at radius 2 is 1.66 bits per heavy atom. The van der Waals surface area contributed by atoms with Gasteiger partial charge in [0.05, 0.1) is 6.61 Å². The van der Waals surface area contributed by atoms with Crippen LogP contribution in [0.25, 0.3) is 11.1 Å². The van der Waals surface area contributed by atoms with Crippen molar-refractivity contribution in [1.29, 1.82) is 0 Å². The van der Waals surface area contributed by atoms with Gasteiger partial charge in [0.1, 0.15) is 11.6 Å². The molecule has 0 radical (unpaired) electrons. The summed E-state index contributed by atoms with van der Waals surface area (Å²) in [6.45, 7) is 4.71. The first-order valence-corrected chi connectivity index (χ1v) is 12.3. The molecule has 1 aliphatic carbocycles. The lowest BCUT2D eigenvalue weighted by atomic mass is 9.77. The van der Waals surface area contributed by atoms with Crippen LogP contribution in [-0.4, -0.2) is 12.8 Å². The minimum atomic E-state index is -0.700. The van der Waals surface area contributed by atoms with Gasteiger partial charge in [0, 0.05) is 5.56 Å². The van der Waals surface area contributed by atoms with Gasteiger partial charge in [-0.3, -0.25) is 0 Å². The average Bonchev–Trinajstić information content (AvgIpc) is 2.81. The highest BCUT2D eigenvalue weighted by atomic mass is 19.1. The largest absolute Gasteiger partial charge is 0.513 e. The molecule has 2 aromatic rings. The number of halogens is 1. The van der Waals surface area contributed by atoms with E-state index >= 15 is 0 Å². The molecule has 1 saturated carbocycles. The zero-order valence-electron chi connectivity index (χ0n) is 19.6. The smallest absolute Gasteiger partial charge is 0.434 e. The molecule has 1 aliphatic rings. The van der Waals surface area contributed by atoms with Crippen molar-refractivity contribution in [2.75, 3.05) is 6.61 Å². The van der Waals surface area contributed by atoms with Crippen LogP contribution in [0.15, 0.2) is 42.5 Å². The minimum Gasteiger partial charge on any atom is -0.434 e. The van der Waals surface area contributed by atoms with Crippen molar-refractivity contribution in [2.45, 2.75) is 84.0 Å². The topological polar surface area (TPSA) is 35.5 Å². The fraction of sp³-hybridized carbons (Fsp3) is 0.536. The maximum absolute atomic E-state index is 14.9. The van der Waals surface area contributed by atoms with Gasteiger partial charge in [-0.15, -0.1) is 0 Å². The normalized spacial score (nSPS) is 18.3. The van der Waals surface area contributed by atoms with Crippen LogP contribution in [0.3, 0.4) is 0 Å². The lowest BCUT2D eigenvalue weighted by Crippen LogP contribution is -2.13. The molecule has 0 spiro atoms. The third kappa shape index (κ3) is 7.08. The fourth-order valence-corrected chi connectivity index (χ4v) is 4.63. The van der Waals surface area contributed by atoms with Gasteiger partial charge in [-0.05, 0) is 73.3 Å². The van der Waals surface area contributed by atoms with E-state index in [1.165, 1.54) is 32.1 Å². The Hall–Kier alpha value is -2.36. The van der Waals surface area contributed by atoms with Crippen molar-refractivity contribution >= 4 is 6.16 Å². The van der Waals surface area contributed by atoms with Crippen LogP contribution in [0.4, 0.5) is 9.18 Å². The van der Waals surface area contributed by atoms with Crippen LogP contribution < -0.4 is 4.74 Å². The first kappa shape index (κ1) is 24.3. The number of carbonyl (C=O) groups excluding carboxylic acids is 1. The van der Waals surface area contributed by atoms with Crippen molar-refractivity contribution in [2.24, 2.45) is 5.92 Å². The van der Waals surface area contributed by atoms with Crippen molar-refractivity contribution in [3.8, 4) is 16.9 Å². The Morgan fingerprint density at radius 1 is 0.938 bits per heavy atom. The number of rotatable bonds is 10. The molecule has 1 fully saturated rings. The number of hydrogen-bond acceptors (Lipinski definition) is 3. The molecule has 0 atom stereocenters. The van der Waals surface area contributed by atoms with Crippen LogP contribution in [-0.2, 0) is 4.74 Å². The molecule has 3 nitrogen and oxygen atoms in total. The molecule has 0 saturated heterocycles. The molecule has 4 heteroatoms. The van der Waals surface area contributed by atoms with Crippen molar-refractivity contribution < 1.29 is 18.7 Å². The zero-order valence-corrected chi connectivity index (χ0v) is 19.6. The van der Waals surface area contributed by atoms with Gasteiger partial charge in [-0.1, -0.05) is 70.2 Å². The number of ether oxygens (including phenoxy) is 2. The number of hydrogen-bond donors (Lipinski definition) is 0. The van der Waals surface area contributed by atoms with Gasteiger partial charge >= 0.3 is 6.16 Å². The van der Waals surface area contributed by atoms with Crippen LogP contribution in [0.1, 0.15) is 89.5 Å². The third-order valence-corrected chi connectivity index (χ3v) is 6.61. The van der Waals surface area contributed by atoms with Crippen LogP contribution in [0.5, 0.6) is 5.75 Å². The predicted octanol–water partition coefficient (Wildman–Crippen LogP) is 8.66. The summed E-state index contributed by atoms with van der Waals surface area (Å²) in [4.78, 5) is 11.7. The molecule has 0 N–H and O–H groups in total. The van der Waals surface area contributed by atoms with Gasteiger partial charge in [-0.2, -0.15) is 0 Å². The molecule has 174 valence electrons. The van der Waals surface area contributed by atoms with E-state index in [1.807, 2.05) is 6.07 Å². The summed E-state index contributed by atoms with van der Waals surface area (Å²) < 4.78 is 25.2. The molecule has 0 unspecified atom stereocenters. The summed E-state index contributed by atoms with van der Waals surface area (Å²) in [6.07, 6.45) is 11.0. The lowest BCUT2D eigenvalue weighted by Gasteiger charge is -2.29. The van der Waals surface area contributed by atoms with Crippen LogP contribution >= 0.6 is 0 Å². The van der Waals surface area contributed by atoms with Crippen molar-refractivity contribution in [3.05, 3.63) is 53.8 Å². The highest BCUT2D eigenvalue weighted by Gasteiger charge is 2.22. The van der Waals surface area contributed by atoms with Gasteiger partial charge in [-0.25, -0.2) is 9.18 Å². The average molecular weight is 441 g/mol. The van der Waals surface area contributed by atoms with E-state index in [9.17, 15) is 9.18 Å². The first-order chi connectivity index (χ1) is 15.6. The molecule has 0 heterocycles. The molecule has 3 rings (SSSR count). The highest BCUT2D eigenvalue weighted by Crippen LogP contribution is 2.39. The summed E-state index contributed by atoms with van der Waals surface area (Å²) in [7, 11) is 0. The van der Waals surface area contributed by atoms with E-state index in [0.29, 0.717) is 23.8 Å². The Labute approximate surface area is 192 Å². The Bertz CT molecular complexity index is 838. The van der Waals surface area contributed by atoms with Gasteiger partial charge in [0.2, 0.25) is 0 Å². The van der Waals surface area contributed by atoms with Gasteiger partial charge in [0.25, 0.3) is 0 Å². The van der Waals surface area contributed by atoms with Crippen LogP contribution in [0, 0.1) is 11.7 Å². The molecule has 32 heavy (non-hydrogen) atoms. The van der Waals surface area contributed by atoms with E-state index in [4.69, 9.17) is 9.47 Å². The zero-order chi connectivity index (χ0) is 22.8. The Kier molecular flexibility index (Phi) is 9.58. The number of unbranched alkanes of at least 4 members (excludes halogenated alkanes) is 3. The SMILES string of the molecule is CCCCCOC(=O)Oc1ccc(-c2ccc([C@H]3CC[C@H](CCCC)CC3)cc2F)cc1. The molecule has 0 aliphatic heterocycles. The monoisotopic (exact) mass is 440 g/mol. The predicted molar refractivity (Wildman–Crippen MR) is 128 cm³/mol. The Balaban J connectivity index is 1.55. The summed E-state index contributed by atoms with van der Waals surface area (Å²) >= 11 is 0. The second-order valence-electron chi connectivity index (χ2n) is 9.03. The van der Waals surface area contributed by atoms with E-state index in [1.54, 1.807) is 30.3 Å². The first-order valence-electron chi connectivity index (χ1n) is 12.3. The van der Waals surface area contributed by atoms with Crippen LogP contribution in [0.2, 0.25) is 0 Å². The third-order valence-electron chi connectivity index (χ3n) is 6.61. The van der Waals surface area contributed by atoms with Crippen molar-refractivity contribution in [1.82, 2.24) is 0 Å². The maximum Gasteiger partial charge on any atom is 0.513 e. The summed E-state index contributed by atoms with van der Waals surface area (Å²) in [5.74, 6) is 1.52. The van der Waals surface area contributed by atoms with E-state index < -0.39 is 6.16 Å². The summed E-state index contributed by atoms with van der Waals surface area (Å²) in [5, 5.41) is 0. The highest BCUT2D eigenvalue weighted by molar-refractivity contribution is 5.67. The second-order valence-corrected chi connectivity index (χ2v) is 9.03. The Morgan fingerprint density at radius 3 is 2.31 bits per heavy atom. The quantitative estimate of drug-likeness (QED) is 0.211. The summed E-state index contributed by atoms with van der Waals surface area (Å²) in [5.41, 5.74) is 2.45. The van der Waals surface area contributed by atoms with E-state index in [0.717, 1.165) is 49.1 Å². The molecule has 0 amide bonds. The lowest BCUT2D eigenvalue weighted by molar-refractivity contribution is 0.0974. The molecule has 2 aromatic carbocycles. The number of carbonyl (C=O) groups is 1. The van der Waals surface area contributed by atoms with E-state index in [-0.39, 0.29) is 5.82 Å². The molecular weight excluding hydrogens is 403 g/mol. The fourth-order valence-electron chi connectivity index (χ4n) is 4.63. The minimum absolute atomic E-state index is 0.195. The number of benzene rings is 2. The van der Waals surface area contributed by atoms with Gasteiger partial charge in [0.15, 0.2) is 0 Å². The van der Waals surface area contributed by atoms with E-state index in [2.05, 4.69) is 19.9 Å². The van der Waals surface area contributed by atoms with Gasteiger partial charge < -0.3 is 9.47 Å².